The monoisotopic (exact) mass is 354 g/mol. The van der Waals surface area contributed by atoms with E-state index in [1.165, 1.54) is 6.66 Å². The Morgan fingerprint density at radius 3 is 3.04 bits per heavy atom. The van der Waals surface area contributed by atoms with Crippen molar-refractivity contribution in [1.29, 1.82) is 0 Å². The number of imidazole rings is 1. The third kappa shape index (κ3) is 1.81. The molecule has 128 valence electrons. The highest BCUT2D eigenvalue weighted by Crippen LogP contribution is 2.59. The second-order valence-corrected chi connectivity index (χ2v) is 8.22. The second kappa shape index (κ2) is 4.44. The van der Waals surface area contributed by atoms with Crippen molar-refractivity contribution in [2.45, 2.75) is 24.0 Å². The molecule has 1 unspecified atom stereocenters. The largest absolute Gasteiger partial charge is 0.382 e. The van der Waals surface area contributed by atoms with Crippen molar-refractivity contribution in [2.75, 3.05) is 31.3 Å². The van der Waals surface area contributed by atoms with Gasteiger partial charge in [0.2, 0.25) is 5.95 Å². The summed E-state index contributed by atoms with van der Waals surface area (Å²) in [4.78, 5) is 12.3. The van der Waals surface area contributed by atoms with E-state index in [2.05, 4.69) is 15.0 Å². The molecule has 11 nitrogen and oxygen atoms in total. The molecular weight excluding hydrogens is 339 g/mol. The predicted molar refractivity (Wildman–Crippen MR) is 81.1 cm³/mol. The molecule has 4 N–H and O–H groups in total. The molecule has 0 saturated carbocycles. The van der Waals surface area contributed by atoms with Crippen LogP contribution in [0.5, 0.6) is 0 Å². The Kier molecular flexibility index (Phi) is 2.69. The highest BCUT2D eigenvalue weighted by atomic mass is 31.2. The smallest absolute Gasteiger partial charge is 0.328 e. The van der Waals surface area contributed by atoms with Gasteiger partial charge in [-0.05, 0) is 0 Å². The van der Waals surface area contributed by atoms with Crippen LogP contribution in [-0.4, -0.2) is 57.2 Å². The molecule has 2 bridgehead atoms. The number of rotatable bonds is 1. The third-order valence-electron chi connectivity index (χ3n) is 4.56. The Hall–Kier alpha value is -1.78. The van der Waals surface area contributed by atoms with E-state index in [0.29, 0.717) is 17.8 Å². The standard InChI is InChI=1S/C12H15N6O5P/c1-24(19)21-3-12-2-20-6(7(12)23-24)10(22-12)18-4-15-5-8(13)16-11(14)17-9(5)18/h4,6-7,10H,2-3H2,1H3,(H4,13,14,16,17)/t6-,7+,10-,12-,24?/m1/s1. The van der Waals surface area contributed by atoms with Crippen LogP contribution in [0.1, 0.15) is 6.23 Å². The molecule has 3 fully saturated rings. The van der Waals surface area contributed by atoms with E-state index >= 15 is 0 Å². The minimum Gasteiger partial charge on any atom is -0.382 e. The van der Waals surface area contributed by atoms with E-state index in [9.17, 15) is 4.57 Å². The van der Waals surface area contributed by atoms with Crippen molar-refractivity contribution in [3.05, 3.63) is 6.33 Å². The van der Waals surface area contributed by atoms with Crippen molar-refractivity contribution in [3.63, 3.8) is 0 Å². The van der Waals surface area contributed by atoms with Gasteiger partial charge in [-0.1, -0.05) is 0 Å². The number of aromatic nitrogens is 4. The quantitative estimate of drug-likeness (QED) is 0.664. The van der Waals surface area contributed by atoms with Gasteiger partial charge >= 0.3 is 7.60 Å². The fourth-order valence-corrected chi connectivity index (χ4v) is 4.72. The predicted octanol–water partition coefficient (Wildman–Crippen LogP) is -0.105. The summed E-state index contributed by atoms with van der Waals surface area (Å²) < 4.78 is 36.8. The number of fused-ring (bicyclic) bond motifs is 1. The summed E-state index contributed by atoms with van der Waals surface area (Å²) in [5, 5.41) is 0. The molecule has 5 atom stereocenters. The van der Waals surface area contributed by atoms with Gasteiger partial charge in [0.25, 0.3) is 0 Å². The van der Waals surface area contributed by atoms with Crippen molar-refractivity contribution >= 4 is 30.5 Å². The summed E-state index contributed by atoms with van der Waals surface area (Å²) in [6.45, 7) is 1.89. The Morgan fingerprint density at radius 1 is 1.38 bits per heavy atom. The summed E-state index contributed by atoms with van der Waals surface area (Å²) in [7, 11) is -3.11. The Bertz CT molecular complexity index is 903. The first kappa shape index (κ1) is 14.6. The highest BCUT2D eigenvalue weighted by Gasteiger charge is 2.67. The number of hydrogen-bond acceptors (Lipinski definition) is 10. The van der Waals surface area contributed by atoms with E-state index in [0.717, 1.165) is 0 Å². The molecule has 5 heterocycles. The molecular formula is C12H15N6O5P. The summed E-state index contributed by atoms with van der Waals surface area (Å²) in [6.07, 6.45) is 0.0287. The van der Waals surface area contributed by atoms with Crippen LogP contribution in [0, 0.1) is 0 Å². The lowest BCUT2D eigenvalue weighted by molar-refractivity contribution is -0.187. The van der Waals surface area contributed by atoms with E-state index < -0.39 is 31.6 Å². The van der Waals surface area contributed by atoms with Crippen molar-refractivity contribution in [1.82, 2.24) is 19.5 Å². The fourth-order valence-electron chi connectivity index (χ4n) is 3.48. The molecule has 3 aliphatic rings. The zero-order valence-electron chi connectivity index (χ0n) is 12.7. The molecule has 3 saturated heterocycles. The number of nitrogen functional groups attached to an aromatic ring is 2. The fraction of sp³-hybridized carbons (Fsp3) is 0.583. The van der Waals surface area contributed by atoms with Crippen LogP contribution in [0.2, 0.25) is 0 Å². The molecule has 0 aromatic carbocycles. The summed E-state index contributed by atoms with van der Waals surface area (Å²) >= 11 is 0. The molecule has 0 amide bonds. The number of ether oxygens (including phenoxy) is 2. The number of anilines is 2. The normalized spacial score (nSPS) is 41.0. The summed E-state index contributed by atoms with van der Waals surface area (Å²) in [6, 6.07) is 0. The molecule has 0 radical (unpaired) electrons. The number of nitrogens with zero attached hydrogens (tertiary/aromatic N) is 4. The molecule has 2 aromatic rings. The molecule has 12 heteroatoms. The van der Waals surface area contributed by atoms with Crippen LogP contribution < -0.4 is 11.5 Å². The first-order valence-corrected chi connectivity index (χ1v) is 9.33. The van der Waals surface area contributed by atoms with Crippen molar-refractivity contribution in [2.24, 2.45) is 0 Å². The lowest BCUT2D eigenvalue weighted by Gasteiger charge is -2.36. The average molecular weight is 354 g/mol. The van der Waals surface area contributed by atoms with Gasteiger partial charge in [-0.25, -0.2) is 4.98 Å². The summed E-state index contributed by atoms with van der Waals surface area (Å²) in [5.74, 6) is 0.229. The Morgan fingerprint density at radius 2 is 2.21 bits per heavy atom. The van der Waals surface area contributed by atoms with Crippen LogP contribution in [0.3, 0.4) is 0 Å². The van der Waals surface area contributed by atoms with Gasteiger partial charge in [-0.3, -0.25) is 13.7 Å². The highest BCUT2D eigenvalue weighted by molar-refractivity contribution is 7.53. The van der Waals surface area contributed by atoms with Crippen LogP contribution >= 0.6 is 7.60 Å². The SMILES string of the molecule is CP1(=O)OC[C@@]23CO[C@@H]([C@H](n4cnc5c(N)nc(N)nc54)O2)[C@@H]3O1. The number of hydrogen-bond donors (Lipinski definition) is 2. The molecule has 0 spiro atoms. The van der Waals surface area contributed by atoms with E-state index in [-0.39, 0.29) is 18.4 Å². The van der Waals surface area contributed by atoms with Gasteiger partial charge in [0.15, 0.2) is 17.7 Å². The van der Waals surface area contributed by atoms with E-state index in [4.69, 9.17) is 30.0 Å². The Labute approximate surface area is 135 Å². The molecule has 5 rings (SSSR count). The van der Waals surface area contributed by atoms with Crippen LogP contribution in [-0.2, 0) is 23.1 Å². The van der Waals surface area contributed by atoms with E-state index in [1.54, 1.807) is 10.9 Å². The van der Waals surface area contributed by atoms with Crippen LogP contribution in [0.4, 0.5) is 11.8 Å². The first-order valence-electron chi connectivity index (χ1n) is 7.34. The topological polar surface area (TPSA) is 150 Å². The molecule has 2 aromatic heterocycles. The van der Waals surface area contributed by atoms with Gasteiger partial charge in [0.05, 0.1) is 19.5 Å². The van der Waals surface area contributed by atoms with Gasteiger partial charge in [0.1, 0.15) is 23.3 Å². The molecule has 24 heavy (non-hydrogen) atoms. The third-order valence-corrected chi connectivity index (χ3v) is 5.77. The molecule has 0 aliphatic carbocycles. The first-order chi connectivity index (χ1) is 11.4. The number of nitrogens with two attached hydrogens (primary N) is 2. The maximum atomic E-state index is 12.2. The minimum atomic E-state index is -3.11. The minimum absolute atomic E-state index is 0.0408. The van der Waals surface area contributed by atoms with Gasteiger partial charge in [-0.15, -0.1) is 0 Å². The van der Waals surface area contributed by atoms with Crippen molar-refractivity contribution in [3.8, 4) is 0 Å². The zero-order chi connectivity index (χ0) is 16.7. The van der Waals surface area contributed by atoms with Crippen LogP contribution in [0.25, 0.3) is 11.2 Å². The van der Waals surface area contributed by atoms with Gasteiger partial charge < -0.3 is 25.5 Å². The second-order valence-electron chi connectivity index (χ2n) is 6.21. The van der Waals surface area contributed by atoms with E-state index in [1.807, 2.05) is 0 Å². The van der Waals surface area contributed by atoms with Crippen LogP contribution in [0.15, 0.2) is 6.33 Å². The lowest BCUT2D eigenvalue weighted by Crippen LogP contribution is -2.48. The zero-order valence-corrected chi connectivity index (χ0v) is 13.6. The van der Waals surface area contributed by atoms with Gasteiger partial charge in [0, 0.05) is 6.66 Å². The Balaban J connectivity index is 1.59. The summed E-state index contributed by atoms with van der Waals surface area (Å²) in [5.41, 5.74) is 11.6. The molecule has 3 aliphatic heterocycles. The maximum Gasteiger partial charge on any atom is 0.328 e. The maximum absolute atomic E-state index is 12.2. The van der Waals surface area contributed by atoms with Crippen molar-refractivity contribution < 1.29 is 23.1 Å². The van der Waals surface area contributed by atoms with Gasteiger partial charge in [-0.2, -0.15) is 9.97 Å². The lowest BCUT2D eigenvalue weighted by atomic mass is 10.0. The average Bonchev–Trinajstić information content (AvgIpc) is 3.16.